The number of hydrogen-bond donors (Lipinski definition) is 1. The van der Waals surface area contributed by atoms with Crippen molar-refractivity contribution in [2.24, 2.45) is 0 Å². The Morgan fingerprint density at radius 3 is 2.83 bits per heavy atom. The topological polar surface area (TPSA) is 118 Å². The fraction of sp³-hybridized carbons (Fsp3) is 0.0476. The van der Waals surface area contributed by atoms with Crippen LogP contribution in [-0.4, -0.2) is 22.0 Å². The minimum atomic E-state index is -0.495. The number of nitro benzene ring substituents is 1. The van der Waals surface area contributed by atoms with E-state index in [0.717, 1.165) is 11.0 Å². The molecular weight excluding hydrogens is 372 g/mol. The van der Waals surface area contributed by atoms with Crippen LogP contribution in [0.4, 0.5) is 5.69 Å². The summed E-state index contributed by atoms with van der Waals surface area (Å²) in [5.74, 6) is 1.49. The Hall–Kier alpha value is -4.38. The Balaban J connectivity index is 1.72. The molecule has 0 aliphatic carbocycles. The molecular formula is C21H14N4O4. The van der Waals surface area contributed by atoms with Crippen LogP contribution in [0, 0.1) is 21.4 Å². The summed E-state index contributed by atoms with van der Waals surface area (Å²) in [5, 5.41) is 20.9. The van der Waals surface area contributed by atoms with Gasteiger partial charge in [0.15, 0.2) is 0 Å². The number of fused-ring (bicyclic) bond motifs is 1. The van der Waals surface area contributed by atoms with E-state index in [2.05, 4.69) is 16.0 Å². The summed E-state index contributed by atoms with van der Waals surface area (Å²) in [5.41, 5.74) is 2.03. The van der Waals surface area contributed by atoms with Gasteiger partial charge < -0.3 is 14.1 Å². The Bertz CT molecular complexity index is 1260. The first-order chi connectivity index (χ1) is 14.1. The summed E-state index contributed by atoms with van der Waals surface area (Å²) in [7, 11) is 1.44. The first-order valence-electron chi connectivity index (χ1n) is 8.58. The van der Waals surface area contributed by atoms with E-state index in [1.165, 1.54) is 19.3 Å². The lowest BCUT2D eigenvalue weighted by Gasteiger charge is -2.03. The second-order valence-electron chi connectivity index (χ2n) is 6.11. The number of aromatic amines is 1. The average molecular weight is 386 g/mol. The van der Waals surface area contributed by atoms with E-state index in [-0.39, 0.29) is 11.3 Å². The summed E-state index contributed by atoms with van der Waals surface area (Å²) in [6.45, 7) is 0. The first kappa shape index (κ1) is 18.0. The molecule has 8 nitrogen and oxygen atoms in total. The average Bonchev–Trinajstić information content (AvgIpc) is 3.38. The number of H-pyrrole nitrogens is 1. The van der Waals surface area contributed by atoms with Crippen LogP contribution in [0.25, 0.3) is 34.0 Å². The number of nitriles is 1. The van der Waals surface area contributed by atoms with Crippen molar-refractivity contribution in [1.82, 2.24) is 9.97 Å². The maximum atomic E-state index is 11.4. The third-order valence-electron chi connectivity index (χ3n) is 4.35. The van der Waals surface area contributed by atoms with Gasteiger partial charge >= 0.3 is 0 Å². The van der Waals surface area contributed by atoms with Crippen LogP contribution in [0.1, 0.15) is 11.6 Å². The smallest absolute Gasteiger partial charge is 0.284 e. The van der Waals surface area contributed by atoms with E-state index >= 15 is 0 Å². The highest BCUT2D eigenvalue weighted by Gasteiger charge is 2.19. The third-order valence-corrected chi connectivity index (χ3v) is 4.35. The molecule has 4 aromatic rings. The molecule has 0 spiro atoms. The maximum absolute atomic E-state index is 11.4. The standard InChI is InChI=1S/C21H14N4O4/c1-28-14-6-8-16(19(11-14)25(26)27)20-9-7-15(29-20)10-13(12-22)21-23-17-4-2-3-5-18(17)24-21/h2-11H,1H3,(H,23,24). The van der Waals surface area contributed by atoms with Gasteiger partial charge in [-0.1, -0.05) is 12.1 Å². The second-order valence-corrected chi connectivity index (χ2v) is 6.11. The van der Waals surface area contributed by atoms with Crippen LogP contribution >= 0.6 is 0 Å². The van der Waals surface area contributed by atoms with Gasteiger partial charge in [0.1, 0.15) is 29.2 Å². The molecule has 0 saturated carbocycles. The molecule has 1 N–H and O–H groups in total. The molecule has 0 radical (unpaired) electrons. The van der Waals surface area contributed by atoms with Gasteiger partial charge in [0.2, 0.25) is 0 Å². The van der Waals surface area contributed by atoms with Crippen LogP contribution in [0.2, 0.25) is 0 Å². The van der Waals surface area contributed by atoms with Crippen molar-refractivity contribution < 1.29 is 14.1 Å². The summed E-state index contributed by atoms with van der Waals surface area (Å²) < 4.78 is 10.8. The van der Waals surface area contributed by atoms with Crippen molar-refractivity contribution in [2.75, 3.05) is 7.11 Å². The van der Waals surface area contributed by atoms with E-state index in [1.54, 1.807) is 24.3 Å². The lowest BCUT2D eigenvalue weighted by Crippen LogP contribution is -1.93. The number of imidazole rings is 1. The third kappa shape index (κ3) is 3.44. The van der Waals surface area contributed by atoms with E-state index < -0.39 is 4.92 Å². The molecule has 0 aliphatic rings. The molecule has 0 unspecified atom stereocenters. The zero-order chi connectivity index (χ0) is 20.4. The summed E-state index contributed by atoms with van der Waals surface area (Å²) in [6.07, 6.45) is 1.54. The molecule has 0 bridgehead atoms. The molecule has 4 rings (SSSR count). The molecule has 8 heteroatoms. The monoisotopic (exact) mass is 386 g/mol. The number of nitrogens with one attached hydrogen (secondary N) is 1. The lowest BCUT2D eigenvalue weighted by atomic mass is 10.1. The fourth-order valence-corrected chi connectivity index (χ4v) is 2.95. The van der Waals surface area contributed by atoms with Crippen molar-refractivity contribution in [3.05, 3.63) is 76.3 Å². The Kier molecular flexibility index (Phi) is 4.55. The number of nitro groups is 1. The van der Waals surface area contributed by atoms with Crippen molar-refractivity contribution in [1.29, 1.82) is 5.26 Å². The van der Waals surface area contributed by atoms with Crippen molar-refractivity contribution in [2.45, 2.75) is 0 Å². The predicted octanol–water partition coefficient (Wildman–Crippen LogP) is 4.80. The molecule has 0 saturated heterocycles. The zero-order valence-corrected chi connectivity index (χ0v) is 15.2. The molecule has 0 fully saturated rings. The highest BCUT2D eigenvalue weighted by atomic mass is 16.6. The molecule has 0 aliphatic heterocycles. The molecule has 142 valence electrons. The van der Waals surface area contributed by atoms with E-state index in [0.29, 0.717) is 28.7 Å². The molecule has 0 atom stereocenters. The first-order valence-corrected chi connectivity index (χ1v) is 8.58. The van der Waals surface area contributed by atoms with Crippen molar-refractivity contribution >= 4 is 28.4 Å². The second kappa shape index (κ2) is 7.32. The Labute approximate surface area is 164 Å². The van der Waals surface area contributed by atoms with Gasteiger partial charge in [0, 0.05) is 6.08 Å². The summed E-state index contributed by atoms with van der Waals surface area (Å²) >= 11 is 0. The van der Waals surface area contributed by atoms with Gasteiger partial charge in [-0.3, -0.25) is 10.1 Å². The molecule has 29 heavy (non-hydrogen) atoms. The number of ether oxygens (including phenoxy) is 1. The quantitative estimate of drug-likeness (QED) is 0.299. The van der Waals surface area contributed by atoms with E-state index in [9.17, 15) is 15.4 Å². The Morgan fingerprint density at radius 2 is 2.10 bits per heavy atom. The molecule has 2 aromatic carbocycles. The van der Waals surface area contributed by atoms with Crippen LogP contribution in [0.3, 0.4) is 0 Å². The van der Waals surface area contributed by atoms with Crippen LogP contribution in [-0.2, 0) is 0 Å². The summed E-state index contributed by atoms with van der Waals surface area (Å²) in [6, 6.07) is 17.3. The van der Waals surface area contributed by atoms with Gasteiger partial charge in [-0.2, -0.15) is 5.26 Å². The van der Waals surface area contributed by atoms with E-state index in [4.69, 9.17) is 9.15 Å². The number of allylic oxidation sites excluding steroid dienone is 1. The number of nitrogens with zero attached hydrogens (tertiary/aromatic N) is 3. The lowest BCUT2D eigenvalue weighted by molar-refractivity contribution is -0.384. The van der Waals surface area contributed by atoms with Gasteiger partial charge in [-0.25, -0.2) is 4.98 Å². The van der Waals surface area contributed by atoms with Gasteiger partial charge in [0.25, 0.3) is 5.69 Å². The van der Waals surface area contributed by atoms with Crippen LogP contribution in [0.5, 0.6) is 5.75 Å². The molecule has 2 heterocycles. The van der Waals surface area contributed by atoms with Crippen LogP contribution < -0.4 is 4.74 Å². The number of aromatic nitrogens is 2. The molecule has 0 amide bonds. The largest absolute Gasteiger partial charge is 0.497 e. The van der Waals surface area contributed by atoms with Gasteiger partial charge in [0.05, 0.1) is 40.3 Å². The number of hydrogen-bond acceptors (Lipinski definition) is 6. The highest BCUT2D eigenvalue weighted by Crippen LogP contribution is 2.34. The Morgan fingerprint density at radius 1 is 1.28 bits per heavy atom. The number of para-hydroxylation sites is 2. The maximum Gasteiger partial charge on any atom is 0.284 e. The minimum absolute atomic E-state index is 0.132. The van der Waals surface area contributed by atoms with Crippen LogP contribution in [0.15, 0.2) is 59.0 Å². The van der Waals surface area contributed by atoms with Crippen molar-refractivity contribution in [3.63, 3.8) is 0 Å². The number of methoxy groups -OCH3 is 1. The van der Waals surface area contributed by atoms with Crippen molar-refractivity contribution in [3.8, 4) is 23.1 Å². The highest BCUT2D eigenvalue weighted by molar-refractivity contribution is 5.89. The van der Waals surface area contributed by atoms with E-state index in [1.807, 2.05) is 24.3 Å². The molecule has 2 aromatic heterocycles. The fourth-order valence-electron chi connectivity index (χ4n) is 2.95. The minimum Gasteiger partial charge on any atom is -0.497 e. The number of benzene rings is 2. The predicted molar refractivity (Wildman–Crippen MR) is 107 cm³/mol. The normalized spacial score (nSPS) is 11.4. The summed E-state index contributed by atoms with van der Waals surface area (Å²) in [4.78, 5) is 18.4. The van der Waals surface area contributed by atoms with Gasteiger partial charge in [-0.15, -0.1) is 0 Å². The van der Waals surface area contributed by atoms with Gasteiger partial charge in [-0.05, 0) is 36.4 Å². The SMILES string of the molecule is COc1ccc(-c2ccc(C=C(C#N)c3nc4ccccc4[nH]3)o2)c([N+](=O)[O-])c1. The number of rotatable bonds is 5. The zero-order valence-electron chi connectivity index (χ0n) is 15.2. The number of furan rings is 1.